The maximum absolute atomic E-state index is 12.5. The molecule has 0 saturated carbocycles. The van der Waals surface area contributed by atoms with Gasteiger partial charge >= 0.3 is 0 Å². The Balaban J connectivity index is 1.47. The Morgan fingerprint density at radius 2 is 2.00 bits per heavy atom. The Kier molecular flexibility index (Phi) is 4.49. The molecule has 4 rings (SSSR count). The Hall–Kier alpha value is -3.74. The summed E-state index contributed by atoms with van der Waals surface area (Å²) in [7, 11) is 0. The molecular formula is C20H18N6O. The third-order valence-corrected chi connectivity index (χ3v) is 4.17. The summed E-state index contributed by atoms with van der Waals surface area (Å²) in [5.41, 5.74) is 5.02. The Morgan fingerprint density at radius 1 is 1.15 bits per heavy atom. The van der Waals surface area contributed by atoms with Gasteiger partial charge < -0.3 is 5.32 Å². The van der Waals surface area contributed by atoms with E-state index in [4.69, 9.17) is 0 Å². The van der Waals surface area contributed by atoms with Crippen molar-refractivity contribution in [1.82, 2.24) is 25.0 Å². The summed E-state index contributed by atoms with van der Waals surface area (Å²) in [6.07, 6.45) is 3.15. The molecule has 2 aromatic carbocycles. The predicted molar refractivity (Wildman–Crippen MR) is 102 cm³/mol. The lowest BCUT2D eigenvalue weighted by atomic mass is 10.1. The van der Waals surface area contributed by atoms with Gasteiger partial charge in [0.05, 0.1) is 12.2 Å². The minimum atomic E-state index is -0.237. The number of nitrogens with one attached hydrogen (secondary N) is 2. The number of rotatable bonds is 5. The number of anilines is 1. The zero-order chi connectivity index (χ0) is 18.6. The van der Waals surface area contributed by atoms with Gasteiger partial charge in [0.15, 0.2) is 0 Å². The molecule has 7 nitrogen and oxygen atoms in total. The van der Waals surface area contributed by atoms with Gasteiger partial charge in [-0.2, -0.15) is 10.2 Å². The molecule has 2 heterocycles. The lowest BCUT2D eigenvalue weighted by Gasteiger charge is -2.06. The van der Waals surface area contributed by atoms with Gasteiger partial charge in [-0.25, -0.2) is 9.67 Å². The molecule has 7 heteroatoms. The first-order valence-corrected chi connectivity index (χ1v) is 8.52. The van der Waals surface area contributed by atoms with Gasteiger partial charge in [0.1, 0.15) is 18.3 Å². The first kappa shape index (κ1) is 16.7. The molecule has 4 aromatic rings. The second-order valence-corrected chi connectivity index (χ2v) is 6.28. The lowest BCUT2D eigenvalue weighted by molar-refractivity contribution is 0.102. The zero-order valence-corrected chi connectivity index (χ0v) is 14.8. The van der Waals surface area contributed by atoms with Crippen LogP contribution in [0.5, 0.6) is 0 Å². The SMILES string of the molecule is Cc1ccc(-c2cc(C(=O)Nc3cccc(Cn4cncn4)c3)[nH]n2)cc1. The van der Waals surface area contributed by atoms with Gasteiger partial charge in [0, 0.05) is 11.3 Å². The predicted octanol–water partition coefficient (Wildman–Crippen LogP) is 3.28. The van der Waals surface area contributed by atoms with E-state index in [-0.39, 0.29) is 5.91 Å². The summed E-state index contributed by atoms with van der Waals surface area (Å²) >= 11 is 0. The van der Waals surface area contributed by atoms with Crippen molar-refractivity contribution in [3.8, 4) is 11.3 Å². The van der Waals surface area contributed by atoms with E-state index in [1.807, 2.05) is 55.5 Å². The van der Waals surface area contributed by atoms with E-state index in [2.05, 4.69) is 25.6 Å². The van der Waals surface area contributed by atoms with E-state index in [0.29, 0.717) is 17.9 Å². The molecular weight excluding hydrogens is 340 g/mol. The molecule has 1 amide bonds. The summed E-state index contributed by atoms with van der Waals surface area (Å²) in [5.74, 6) is -0.237. The third kappa shape index (κ3) is 3.92. The van der Waals surface area contributed by atoms with Gasteiger partial charge in [-0.1, -0.05) is 42.0 Å². The zero-order valence-electron chi connectivity index (χ0n) is 14.8. The maximum atomic E-state index is 12.5. The summed E-state index contributed by atoms with van der Waals surface area (Å²) in [6, 6.07) is 17.4. The highest BCUT2D eigenvalue weighted by Crippen LogP contribution is 2.19. The molecule has 0 saturated heterocycles. The van der Waals surface area contributed by atoms with Crippen molar-refractivity contribution in [3.63, 3.8) is 0 Å². The molecule has 2 N–H and O–H groups in total. The Labute approximate surface area is 156 Å². The minimum Gasteiger partial charge on any atom is -0.321 e. The average Bonchev–Trinajstić information content (AvgIpc) is 3.35. The number of H-pyrrole nitrogens is 1. The van der Waals surface area contributed by atoms with Gasteiger partial charge in [-0.15, -0.1) is 0 Å². The fraction of sp³-hybridized carbons (Fsp3) is 0.100. The monoisotopic (exact) mass is 358 g/mol. The molecule has 0 aliphatic heterocycles. The maximum Gasteiger partial charge on any atom is 0.273 e. The number of hydrogen-bond donors (Lipinski definition) is 2. The smallest absolute Gasteiger partial charge is 0.273 e. The standard InChI is InChI=1S/C20H18N6O/c1-14-5-7-16(8-6-14)18-10-19(25-24-18)20(27)23-17-4-2-3-15(9-17)11-26-13-21-12-22-26/h2-10,12-13H,11H2,1H3,(H,23,27)(H,24,25). The number of carbonyl (C=O) groups is 1. The van der Waals surface area contributed by atoms with Gasteiger partial charge in [-0.3, -0.25) is 9.89 Å². The van der Waals surface area contributed by atoms with Crippen LogP contribution in [0.15, 0.2) is 67.3 Å². The van der Waals surface area contributed by atoms with Crippen LogP contribution in [0.25, 0.3) is 11.3 Å². The van der Waals surface area contributed by atoms with Crippen molar-refractivity contribution in [2.45, 2.75) is 13.5 Å². The highest BCUT2D eigenvalue weighted by molar-refractivity contribution is 6.03. The fourth-order valence-electron chi connectivity index (χ4n) is 2.76. The van der Waals surface area contributed by atoms with Gasteiger partial charge in [0.2, 0.25) is 0 Å². The molecule has 0 aliphatic carbocycles. The number of aromatic nitrogens is 5. The Bertz CT molecular complexity index is 1050. The van der Waals surface area contributed by atoms with Crippen molar-refractivity contribution < 1.29 is 4.79 Å². The minimum absolute atomic E-state index is 0.237. The van der Waals surface area contributed by atoms with Crippen LogP contribution in [0.1, 0.15) is 21.6 Å². The second kappa shape index (κ2) is 7.25. The molecule has 0 bridgehead atoms. The number of aromatic amines is 1. The van der Waals surface area contributed by atoms with Crippen molar-refractivity contribution >= 4 is 11.6 Å². The van der Waals surface area contributed by atoms with Crippen molar-refractivity contribution in [1.29, 1.82) is 0 Å². The average molecular weight is 358 g/mol. The summed E-state index contributed by atoms with van der Waals surface area (Å²) in [6.45, 7) is 2.62. The summed E-state index contributed by atoms with van der Waals surface area (Å²) in [5, 5.41) is 14.0. The van der Waals surface area contributed by atoms with Crippen molar-refractivity contribution in [2.24, 2.45) is 0 Å². The third-order valence-electron chi connectivity index (χ3n) is 4.17. The molecule has 0 radical (unpaired) electrons. The second-order valence-electron chi connectivity index (χ2n) is 6.28. The van der Waals surface area contributed by atoms with Gasteiger partial charge in [-0.05, 0) is 30.7 Å². The molecule has 134 valence electrons. The quantitative estimate of drug-likeness (QED) is 0.573. The highest BCUT2D eigenvalue weighted by Gasteiger charge is 2.11. The molecule has 2 aromatic heterocycles. The topological polar surface area (TPSA) is 88.5 Å². The molecule has 0 spiro atoms. The van der Waals surface area contributed by atoms with E-state index < -0.39 is 0 Å². The van der Waals surface area contributed by atoms with E-state index in [9.17, 15) is 4.79 Å². The van der Waals surface area contributed by atoms with E-state index in [0.717, 1.165) is 16.8 Å². The largest absolute Gasteiger partial charge is 0.321 e. The fourth-order valence-corrected chi connectivity index (χ4v) is 2.76. The van der Waals surface area contributed by atoms with E-state index in [1.165, 1.54) is 11.9 Å². The normalized spacial score (nSPS) is 10.7. The molecule has 0 atom stereocenters. The summed E-state index contributed by atoms with van der Waals surface area (Å²) in [4.78, 5) is 16.5. The van der Waals surface area contributed by atoms with Crippen molar-refractivity contribution in [2.75, 3.05) is 5.32 Å². The van der Waals surface area contributed by atoms with Crippen LogP contribution < -0.4 is 5.32 Å². The molecule has 0 aliphatic rings. The van der Waals surface area contributed by atoms with Crippen LogP contribution in [0, 0.1) is 6.92 Å². The lowest BCUT2D eigenvalue weighted by Crippen LogP contribution is -2.12. The highest BCUT2D eigenvalue weighted by atomic mass is 16.1. The first-order chi connectivity index (χ1) is 13.2. The van der Waals surface area contributed by atoms with Crippen LogP contribution in [0.4, 0.5) is 5.69 Å². The van der Waals surface area contributed by atoms with E-state index >= 15 is 0 Å². The molecule has 27 heavy (non-hydrogen) atoms. The van der Waals surface area contributed by atoms with Gasteiger partial charge in [0.25, 0.3) is 5.91 Å². The molecule has 0 unspecified atom stereocenters. The number of aryl methyl sites for hydroxylation is 1. The van der Waals surface area contributed by atoms with Crippen LogP contribution in [-0.2, 0) is 6.54 Å². The molecule has 0 fully saturated rings. The number of nitrogens with zero attached hydrogens (tertiary/aromatic N) is 4. The number of hydrogen-bond acceptors (Lipinski definition) is 4. The summed E-state index contributed by atoms with van der Waals surface area (Å²) < 4.78 is 1.73. The van der Waals surface area contributed by atoms with Crippen LogP contribution in [0.3, 0.4) is 0 Å². The van der Waals surface area contributed by atoms with E-state index in [1.54, 1.807) is 17.1 Å². The van der Waals surface area contributed by atoms with Crippen LogP contribution in [-0.4, -0.2) is 30.9 Å². The number of amides is 1. The number of benzene rings is 2. The first-order valence-electron chi connectivity index (χ1n) is 8.52. The number of carbonyl (C=O) groups excluding carboxylic acids is 1. The van der Waals surface area contributed by atoms with Crippen molar-refractivity contribution in [3.05, 3.63) is 84.1 Å². The van der Waals surface area contributed by atoms with Crippen LogP contribution >= 0.6 is 0 Å². The van der Waals surface area contributed by atoms with Crippen LogP contribution in [0.2, 0.25) is 0 Å². The Morgan fingerprint density at radius 3 is 2.78 bits per heavy atom.